The highest BCUT2D eigenvalue weighted by Gasteiger charge is 2.72. The molecule has 6 atom stereocenters. The maximum absolute atomic E-state index is 13.3. The number of aliphatic hydroxyl groups is 3. The summed E-state index contributed by atoms with van der Waals surface area (Å²) in [5.74, 6) is -1.89. The van der Waals surface area contributed by atoms with Crippen molar-refractivity contribution in [3.8, 4) is 0 Å². The summed E-state index contributed by atoms with van der Waals surface area (Å²) >= 11 is 0. The number of carbonyl (C=O) groups excluding carboxylic acids is 1. The lowest BCUT2D eigenvalue weighted by molar-refractivity contribution is -0.286. The van der Waals surface area contributed by atoms with E-state index in [0.717, 1.165) is 31.2 Å². The lowest BCUT2D eigenvalue weighted by Gasteiger charge is -2.66. The maximum Gasteiger partial charge on any atom is 0.192 e. The number of aromatic nitrogens is 1. The van der Waals surface area contributed by atoms with Crippen LogP contribution in [-0.4, -0.2) is 60.4 Å². The number of nitrogens with one attached hydrogen (secondary N) is 1. The molecule has 0 bridgehead atoms. The number of aromatic amines is 1. The molecule has 0 radical (unpaired) electrons. The molecule has 0 saturated heterocycles. The number of H-pyrrole nitrogens is 1. The fourth-order valence-electron chi connectivity index (χ4n) is 10.8. The van der Waals surface area contributed by atoms with Gasteiger partial charge in [-0.25, -0.2) is 0 Å². The molecule has 0 amide bonds. The molecule has 7 heteroatoms. The molecule has 2 aromatic rings. The summed E-state index contributed by atoms with van der Waals surface area (Å²) < 4.78 is 12.5. The van der Waals surface area contributed by atoms with Gasteiger partial charge in [-0.2, -0.15) is 0 Å². The van der Waals surface area contributed by atoms with Gasteiger partial charge in [-0.3, -0.25) is 4.79 Å². The number of rotatable bonds is 1. The molecule has 44 heavy (non-hydrogen) atoms. The lowest BCUT2D eigenvalue weighted by Crippen LogP contribution is -2.71. The van der Waals surface area contributed by atoms with Crippen LogP contribution in [-0.2, 0) is 32.5 Å². The fourth-order valence-corrected chi connectivity index (χ4v) is 10.8. The first-order valence-corrected chi connectivity index (χ1v) is 16.5. The summed E-state index contributed by atoms with van der Waals surface area (Å²) in [6.07, 6.45) is 4.91. The van der Waals surface area contributed by atoms with Crippen LogP contribution in [0.25, 0.3) is 16.5 Å². The van der Waals surface area contributed by atoms with E-state index in [1.807, 2.05) is 0 Å². The molecule has 3 heterocycles. The minimum atomic E-state index is -1.80. The molecule has 4 N–H and O–H groups in total. The average Bonchev–Trinajstić information content (AvgIpc) is 3.53. The molecule has 1 aromatic heterocycles. The topological polar surface area (TPSA) is 112 Å². The highest BCUT2D eigenvalue weighted by atomic mass is 16.6. The Morgan fingerprint density at radius 1 is 1.02 bits per heavy atom. The number of hydrogen-bond donors (Lipinski definition) is 4. The van der Waals surface area contributed by atoms with Crippen LogP contribution >= 0.6 is 0 Å². The average molecular weight is 602 g/mol. The normalized spacial score (nSPS) is 40.2. The third-order valence-corrected chi connectivity index (χ3v) is 13.1. The molecule has 6 aliphatic rings. The van der Waals surface area contributed by atoms with Crippen molar-refractivity contribution in [3.05, 3.63) is 51.7 Å². The first-order chi connectivity index (χ1) is 20.2. The third kappa shape index (κ3) is 3.38. The van der Waals surface area contributed by atoms with Gasteiger partial charge in [0.2, 0.25) is 0 Å². The summed E-state index contributed by atoms with van der Waals surface area (Å²) in [6.45, 7) is 16.2. The summed E-state index contributed by atoms with van der Waals surface area (Å²) in [5, 5.41) is 36.5. The van der Waals surface area contributed by atoms with Crippen LogP contribution in [0, 0.1) is 11.3 Å². The second-order valence-electron chi connectivity index (χ2n) is 16.9. The molecule has 2 aliphatic heterocycles. The molecule has 4 aliphatic carbocycles. The van der Waals surface area contributed by atoms with Crippen LogP contribution in [0.1, 0.15) is 110 Å². The number of fused-ring (bicyclic) bond motifs is 11. The minimum absolute atomic E-state index is 0.229. The zero-order valence-electron chi connectivity index (χ0n) is 27.4. The van der Waals surface area contributed by atoms with E-state index in [9.17, 15) is 20.1 Å². The Labute approximate surface area is 259 Å². The van der Waals surface area contributed by atoms with Crippen LogP contribution in [0.3, 0.4) is 0 Å². The smallest absolute Gasteiger partial charge is 0.192 e. The fraction of sp³-hybridized carbons (Fsp3) is 0.649. The van der Waals surface area contributed by atoms with Crippen LogP contribution < -0.4 is 0 Å². The zero-order valence-corrected chi connectivity index (χ0v) is 27.4. The molecule has 0 spiro atoms. The largest absolute Gasteiger partial charge is 0.387 e. The van der Waals surface area contributed by atoms with Crippen molar-refractivity contribution in [1.82, 2.24) is 4.98 Å². The van der Waals surface area contributed by atoms with Gasteiger partial charge in [0.05, 0.1) is 22.4 Å². The number of benzene rings is 1. The third-order valence-electron chi connectivity index (χ3n) is 13.1. The Hall–Kier alpha value is -2.29. The Bertz CT molecular complexity index is 1740. The van der Waals surface area contributed by atoms with E-state index in [1.54, 1.807) is 0 Å². The maximum atomic E-state index is 13.3. The van der Waals surface area contributed by atoms with Crippen molar-refractivity contribution >= 4 is 22.3 Å². The van der Waals surface area contributed by atoms with Crippen LogP contribution in [0.5, 0.6) is 0 Å². The first-order valence-electron chi connectivity index (χ1n) is 16.5. The number of hydrogen-bond acceptors (Lipinski definition) is 6. The van der Waals surface area contributed by atoms with Crippen LogP contribution in [0.2, 0.25) is 0 Å². The van der Waals surface area contributed by atoms with Crippen LogP contribution in [0.4, 0.5) is 0 Å². The highest BCUT2D eigenvalue weighted by Crippen LogP contribution is 2.70. The summed E-state index contributed by atoms with van der Waals surface area (Å²) in [5.41, 5.74) is 4.94. The Morgan fingerprint density at radius 2 is 1.75 bits per heavy atom. The SMILES string of the molecule is CC1(C)CC2=C(Cc3cc4c5c([nH]c4cc32)[C@@]2(C)[C@@H](CC[C@@]3(O)C4=CC(=O)[C@@H](C(C)(C)O)O[C@@]4(O)CC[C@@]32C)C5)C(C)(C)O1. The van der Waals surface area contributed by atoms with Crippen molar-refractivity contribution in [2.24, 2.45) is 11.3 Å². The number of ether oxygens (including phenoxy) is 2. The predicted octanol–water partition coefficient (Wildman–Crippen LogP) is 5.56. The van der Waals surface area contributed by atoms with Crippen molar-refractivity contribution in [3.63, 3.8) is 0 Å². The second-order valence-corrected chi connectivity index (χ2v) is 16.9. The van der Waals surface area contributed by atoms with E-state index in [2.05, 4.69) is 58.7 Å². The van der Waals surface area contributed by atoms with E-state index >= 15 is 0 Å². The van der Waals surface area contributed by atoms with Crippen molar-refractivity contribution in [1.29, 1.82) is 0 Å². The van der Waals surface area contributed by atoms with Gasteiger partial charge in [0.15, 0.2) is 17.7 Å². The lowest BCUT2D eigenvalue weighted by atomic mass is 9.42. The van der Waals surface area contributed by atoms with Gasteiger partial charge >= 0.3 is 0 Å². The molecular formula is C37H47NO6. The molecule has 7 nitrogen and oxygen atoms in total. The number of carbonyl (C=O) groups is 1. The first kappa shape index (κ1) is 29.1. The second kappa shape index (κ2) is 8.16. The van der Waals surface area contributed by atoms with E-state index in [4.69, 9.17) is 9.47 Å². The summed E-state index contributed by atoms with van der Waals surface area (Å²) in [7, 11) is 0. The van der Waals surface area contributed by atoms with Crippen molar-refractivity contribution < 1.29 is 29.6 Å². The summed E-state index contributed by atoms with van der Waals surface area (Å²) in [4.78, 5) is 17.2. The molecule has 8 rings (SSSR count). The van der Waals surface area contributed by atoms with Crippen LogP contribution in [0.15, 0.2) is 29.4 Å². The Balaban J connectivity index is 1.24. The molecule has 1 aromatic carbocycles. The van der Waals surface area contributed by atoms with E-state index < -0.39 is 39.7 Å². The van der Waals surface area contributed by atoms with E-state index in [0.29, 0.717) is 18.8 Å². The monoisotopic (exact) mass is 601 g/mol. The molecule has 236 valence electrons. The van der Waals surface area contributed by atoms with Gasteiger partial charge in [0.1, 0.15) is 0 Å². The zero-order chi connectivity index (χ0) is 31.6. The minimum Gasteiger partial charge on any atom is -0.387 e. The van der Waals surface area contributed by atoms with Gasteiger partial charge in [-0.15, -0.1) is 0 Å². The van der Waals surface area contributed by atoms with Gasteiger partial charge in [0.25, 0.3) is 0 Å². The molecular weight excluding hydrogens is 554 g/mol. The van der Waals surface area contributed by atoms with Gasteiger partial charge < -0.3 is 29.8 Å². The van der Waals surface area contributed by atoms with E-state index in [1.165, 1.54) is 58.8 Å². The summed E-state index contributed by atoms with van der Waals surface area (Å²) in [6, 6.07) is 4.76. The molecule has 2 saturated carbocycles. The Morgan fingerprint density at radius 3 is 2.45 bits per heavy atom. The van der Waals surface area contributed by atoms with E-state index in [-0.39, 0.29) is 23.2 Å². The standard InChI is InChI=1S/C37H47NO6/c1-31(2)18-24-21-16-26-22(13-19(21)14-25(24)33(5,6)44-31)23-15-20-9-10-36(41)28-17-27(39)30(32(3,4)40)43-37(28,42)12-11-34(36,7)35(20,8)29(23)38-26/h13,16-17,20,30,38,40-42H,9-12,14-15,18H2,1-8H3/t20-,30-,34+,35+,36+,37-/m0/s1. The molecule has 0 unspecified atom stereocenters. The van der Waals surface area contributed by atoms with Crippen molar-refractivity contribution in [2.75, 3.05) is 0 Å². The Kier molecular flexibility index (Phi) is 5.40. The predicted molar refractivity (Wildman–Crippen MR) is 168 cm³/mol. The highest BCUT2D eigenvalue weighted by molar-refractivity contribution is 5.97. The van der Waals surface area contributed by atoms with Gasteiger partial charge in [0, 0.05) is 45.8 Å². The number of ketones is 1. The van der Waals surface area contributed by atoms with Gasteiger partial charge in [-0.1, -0.05) is 13.8 Å². The van der Waals surface area contributed by atoms with Crippen molar-refractivity contribution in [2.45, 2.75) is 140 Å². The van der Waals surface area contributed by atoms with Gasteiger partial charge in [-0.05, 0) is 126 Å². The molecule has 2 fully saturated rings. The quantitative estimate of drug-likeness (QED) is 0.340.